The van der Waals surface area contributed by atoms with Gasteiger partial charge in [0.15, 0.2) is 5.82 Å². The fraction of sp³-hybridized carbons (Fsp3) is 0.364. The van der Waals surface area contributed by atoms with Gasteiger partial charge in [0, 0.05) is 13.6 Å². The molecule has 0 spiro atoms. The number of fused-ring (bicyclic) bond motifs is 1. The Morgan fingerprint density at radius 3 is 2.61 bits per heavy atom. The largest absolute Gasteiger partial charge is 0.394 e. The van der Waals surface area contributed by atoms with E-state index in [-0.39, 0.29) is 35.4 Å². The molecule has 7 nitrogen and oxygen atoms in total. The third-order valence-corrected chi connectivity index (χ3v) is 4.56. The van der Waals surface area contributed by atoms with Gasteiger partial charge in [-0.1, -0.05) is 19.9 Å². The fourth-order valence-electron chi connectivity index (χ4n) is 2.92. The van der Waals surface area contributed by atoms with E-state index in [0.29, 0.717) is 11.1 Å². The van der Waals surface area contributed by atoms with Crippen molar-refractivity contribution >= 4 is 28.3 Å². The van der Waals surface area contributed by atoms with Crippen LogP contribution in [0, 0.1) is 18.6 Å². The number of anilines is 2. The number of amides is 1. The van der Waals surface area contributed by atoms with E-state index in [4.69, 9.17) is 5.11 Å². The number of rotatable bonds is 7. The van der Waals surface area contributed by atoms with Crippen LogP contribution >= 0.6 is 0 Å². The van der Waals surface area contributed by atoms with Crippen LogP contribution in [0.5, 0.6) is 0 Å². The first-order valence-electron chi connectivity index (χ1n) is 10.1. The number of hydrogen-bond donors (Lipinski definition) is 4. The summed E-state index contributed by atoms with van der Waals surface area (Å²) in [4.78, 5) is 16.7. The maximum atomic E-state index is 15.2. The number of nitrogens with zero attached hydrogens (tertiary/aromatic N) is 2. The van der Waals surface area contributed by atoms with E-state index in [1.807, 2.05) is 13.8 Å². The Balaban J connectivity index is 0.00000166. The lowest BCUT2D eigenvalue weighted by molar-refractivity contribution is 0.0834. The third-order valence-electron chi connectivity index (χ3n) is 4.56. The molecule has 168 valence electrons. The van der Waals surface area contributed by atoms with Crippen molar-refractivity contribution in [3.8, 4) is 0 Å². The van der Waals surface area contributed by atoms with Gasteiger partial charge in [0.2, 0.25) is 0 Å². The molecule has 0 radical (unpaired) electrons. The van der Waals surface area contributed by atoms with Gasteiger partial charge in [-0.2, -0.15) is 0 Å². The topological polar surface area (TPSA) is 99.4 Å². The molecule has 3 rings (SSSR count). The lowest BCUT2D eigenvalue weighted by atomic mass is 10.1. The van der Waals surface area contributed by atoms with Crippen LogP contribution in [0.2, 0.25) is 0 Å². The van der Waals surface area contributed by atoms with Crippen LogP contribution < -0.4 is 10.6 Å². The predicted octanol–water partition coefficient (Wildman–Crippen LogP) is 3.40. The summed E-state index contributed by atoms with van der Waals surface area (Å²) >= 11 is 0. The van der Waals surface area contributed by atoms with Crippen LogP contribution in [0.15, 0.2) is 30.6 Å². The van der Waals surface area contributed by atoms with Crippen LogP contribution in [0.3, 0.4) is 0 Å². The molecule has 4 N–H and O–H groups in total. The van der Waals surface area contributed by atoms with Gasteiger partial charge >= 0.3 is 0 Å². The van der Waals surface area contributed by atoms with E-state index < -0.39 is 30.3 Å². The number of halogens is 2. The first-order chi connectivity index (χ1) is 14.8. The van der Waals surface area contributed by atoms with Gasteiger partial charge in [-0.3, -0.25) is 4.79 Å². The second kappa shape index (κ2) is 10.8. The van der Waals surface area contributed by atoms with Crippen LogP contribution in [-0.4, -0.2) is 44.9 Å². The maximum absolute atomic E-state index is 15.2. The number of imidazole rings is 1. The van der Waals surface area contributed by atoms with Crippen LogP contribution in [-0.2, 0) is 7.05 Å². The van der Waals surface area contributed by atoms with Crippen molar-refractivity contribution < 1.29 is 23.8 Å². The van der Waals surface area contributed by atoms with Gasteiger partial charge in [0.05, 0.1) is 41.5 Å². The molecule has 0 bridgehead atoms. The van der Waals surface area contributed by atoms with E-state index in [2.05, 4.69) is 15.6 Å². The highest BCUT2D eigenvalue weighted by Gasteiger charge is 2.22. The molecule has 1 aromatic heterocycles. The molecule has 0 aliphatic rings. The summed E-state index contributed by atoms with van der Waals surface area (Å²) in [6.07, 6.45) is 0.586. The number of carbonyl (C=O) groups is 1. The highest BCUT2D eigenvalue weighted by atomic mass is 19.1. The van der Waals surface area contributed by atoms with Gasteiger partial charge < -0.3 is 25.4 Å². The van der Waals surface area contributed by atoms with Gasteiger partial charge in [-0.05, 0) is 37.1 Å². The van der Waals surface area contributed by atoms with Crippen molar-refractivity contribution in [3.63, 3.8) is 0 Å². The normalized spacial score (nSPS) is 11.6. The average Bonchev–Trinajstić information content (AvgIpc) is 3.13. The number of benzene rings is 2. The quantitative estimate of drug-likeness (QED) is 0.457. The number of aliphatic hydroxyl groups is 2. The van der Waals surface area contributed by atoms with E-state index >= 15 is 4.39 Å². The van der Waals surface area contributed by atoms with Gasteiger partial charge in [0.1, 0.15) is 11.3 Å². The Morgan fingerprint density at radius 2 is 1.97 bits per heavy atom. The molecule has 1 unspecified atom stereocenters. The molecular weight excluding hydrogens is 406 g/mol. The van der Waals surface area contributed by atoms with Gasteiger partial charge in [-0.25, -0.2) is 13.8 Å². The third kappa shape index (κ3) is 5.56. The van der Waals surface area contributed by atoms with E-state index in [1.54, 1.807) is 24.6 Å². The Hall–Kier alpha value is -3.04. The molecule has 0 aliphatic carbocycles. The van der Waals surface area contributed by atoms with E-state index in [0.717, 1.165) is 0 Å². The second-order valence-electron chi connectivity index (χ2n) is 6.83. The molecule has 1 atom stereocenters. The number of aromatic nitrogens is 2. The highest BCUT2D eigenvalue weighted by molar-refractivity contribution is 6.04. The minimum absolute atomic E-state index is 0.0227. The lowest BCUT2D eigenvalue weighted by Crippen LogP contribution is -2.29. The van der Waals surface area contributed by atoms with E-state index in [1.165, 1.54) is 24.5 Å². The molecule has 2 aromatic carbocycles. The SMILES string of the molecule is CC.Cc1ccc(Nc2c(C(=O)NCCC(O)CO)cc3c(ncn3C)c2F)c(F)c1. The summed E-state index contributed by atoms with van der Waals surface area (Å²) < 4.78 is 31.1. The molecule has 0 saturated heterocycles. The summed E-state index contributed by atoms with van der Waals surface area (Å²) in [5.41, 5.74) is 0.951. The Bertz CT molecular complexity index is 1050. The zero-order chi connectivity index (χ0) is 23.1. The summed E-state index contributed by atoms with van der Waals surface area (Å²) in [7, 11) is 1.67. The molecule has 1 amide bonds. The van der Waals surface area contributed by atoms with Crippen LogP contribution in [0.4, 0.5) is 20.2 Å². The second-order valence-corrected chi connectivity index (χ2v) is 6.83. The van der Waals surface area contributed by atoms with Gasteiger partial charge in [-0.15, -0.1) is 0 Å². The summed E-state index contributed by atoms with van der Waals surface area (Å²) in [6, 6.07) is 5.90. The highest BCUT2D eigenvalue weighted by Crippen LogP contribution is 2.31. The zero-order valence-electron chi connectivity index (χ0n) is 18.0. The standard InChI is InChI=1S/C20H22F2N4O3.C2H6/c1-11-3-4-15(14(21)7-11)25-18-13(20(29)23-6-5-12(28)9-27)8-16-19(17(18)22)24-10-26(16)2;1-2/h3-4,7-8,10,12,25,27-28H,5-6,9H2,1-2H3,(H,23,29);1-2H3. The number of aliphatic hydroxyl groups excluding tert-OH is 2. The summed E-state index contributed by atoms with van der Waals surface area (Å²) in [6.45, 7) is 5.38. The van der Waals surface area contributed by atoms with Crippen molar-refractivity contribution in [2.75, 3.05) is 18.5 Å². The minimum Gasteiger partial charge on any atom is -0.394 e. The number of nitrogens with one attached hydrogen (secondary N) is 2. The van der Waals surface area contributed by atoms with Crippen molar-refractivity contribution in [1.82, 2.24) is 14.9 Å². The summed E-state index contributed by atoms with van der Waals surface area (Å²) in [5.74, 6) is -1.96. The monoisotopic (exact) mass is 434 g/mol. The Kier molecular flexibility index (Phi) is 8.47. The fourth-order valence-corrected chi connectivity index (χ4v) is 2.92. The van der Waals surface area contributed by atoms with Crippen LogP contribution in [0.1, 0.15) is 36.2 Å². The first-order valence-corrected chi connectivity index (χ1v) is 10.1. The molecule has 31 heavy (non-hydrogen) atoms. The minimum atomic E-state index is -0.967. The summed E-state index contributed by atoms with van der Waals surface area (Å²) in [5, 5.41) is 23.5. The smallest absolute Gasteiger partial charge is 0.253 e. The Labute approximate surface area is 179 Å². The number of carbonyl (C=O) groups excluding carboxylic acids is 1. The lowest BCUT2D eigenvalue weighted by Gasteiger charge is -2.15. The maximum Gasteiger partial charge on any atom is 0.253 e. The first kappa shape index (κ1) is 24.2. The zero-order valence-corrected chi connectivity index (χ0v) is 18.0. The van der Waals surface area contributed by atoms with Crippen LogP contribution in [0.25, 0.3) is 11.0 Å². The van der Waals surface area contributed by atoms with Crippen molar-refractivity contribution in [1.29, 1.82) is 0 Å². The molecular formula is C22H28F2N4O3. The molecule has 3 aromatic rings. The molecule has 0 saturated carbocycles. The van der Waals surface area contributed by atoms with Crippen molar-refractivity contribution in [3.05, 3.63) is 53.4 Å². The molecule has 1 heterocycles. The molecule has 9 heteroatoms. The number of hydrogen-bond acceptors (Lipinski definition) is 5. The van der Waals surface area contributed by atoms with E-state index in [9.17, 15) is 14.3 Å². The number of aryl methyl sites for hydroxylation is 2. The van der Waals surface area contributed by atoms with Crippen molar-refractivity contribution in [2.45, 2.75) is 33.3 Å². The molecule has 0 fully saturated rings. The van der Waals surface area contributed by atoms with Crippen molar-refractivity contribution in [2.24, 2.45) is 7.05 Å². The average molecular weight is 434 g/mol. The Morgan fingerprint density at radius 1 is 1.26 bits per heavy atom. The molecule has 0 aliphatic heterocycles. The van der Waals surface area contributed by atoms with Gasteiger partial charge in [0.25, 0.3) is 5.91 Å². The predicted molar refractivity (Wildman–Crippen MR) is 116 cm³/mol.